The molecule has 0 atom stereocenters. The zero-order valence-corrected chi connectivity index (χ0v) is 16.7. The van der Waals surface area contributed by atoms with Gasteiger partial charge in [-0.05, 0) is 37.1 Å². The van der Waals surface area contributed by atoms with E-state index < -0.39 is 0 Å². The highest BCUT2D eigenvalue weighted by Crippen LogP contribution is 2.15. The van der Waals surface area contributed by atoms with E-state index in [-0.39, 0.29) is 24.8 Å². The summed E-state index contributed by atoms with van der Waals surface area (Å²) in [6.45, 7) is 0. The van der Waals surface area contributed by atoms with Gasteiger partial charge in [-0.2, -0.15) is 0 Å². The molecule has 0 unspecified atom stereocenters. The summed E-state index contributed by atoms with van der Waals surface area (Å²) in [4.78, 5) is 16.1. The van der Waals surface area contributed by atoms with Gasteiger partial charge in [0.15, 0.2) is 0 Å². The van der Waals surface area contributed by atoms with Crippen molar-refractivity contribution in [3.05, 3.63) is 60.2 Å². The smallest absolute Gasteiger partial charge is 0.107 e. The minimum Gasteiger partial charge on any atom is -1.00 e. The molecule has 2 N–H and O–H groups in total. The fraction of sp³-hybridized carbons (Fsp3) is 0.333. The SMILES string of the molecule is [Cl-].[Cl-].c1ccc2[nH]c(CCCCCCCc3nc4ccccc4[nH]3)nc2c1. The van der Waals surface area contributed by atoms with Crippen LogP contribution in [0.2, 0.25) is 0 Å². The van der Waals surface area contributed by atoms with E-state index in [9.17, 15) is 0 Å². The van der Waals surface area contributed by atoms with Gasteiger partial charge in [0.25, 0.3) is 0 Å². The molecule has 144 valence electrons. The summed E-state index contributed by atoms with van der Waals surface area (Å²) in [6, 6.07) is 16.5. The Balaban J connectivity index is 0.00000131. The van der Waals surface area contributed by atoms with Gasteiger partial charge >= 0.3 is 0 Å². The molecule has 0 spiro atoms. The van der Waals surface area contributed by atoms with E-state index in [1.165, 1.54) is 32.1 Å². The number of hydrogen-bond acceptors (Lipinski definition) is 2. The number of benzene rings is 2. The van der Waals surface area contributed by atoms with E-state index in [1.807, 2.05) is 24.3 Å². The Morgan fingerprint density at radius 2 is 0.963 bits per heavy atom. The first kappa shape index (κ1) is 21.3. The quantitative estimate of drug-likeness (QED) is 0.378. The molecule has 0 aliphatic heterocycles. The molecule has 4 nitrogen and oxygen atoms in total. The second kappa shape index (κ2) is 10.3. The van der Waals surface area contributed by atoms with E-state index in [2.05, 4.69) is 44.2 Å². The third-order valence-electron chi connectivity index (χ3n) is 4.70. The van der Waals surface area contributed by atoms with Crippen LogP contribution < -0.4 is 24.8 Å². The highest BCUT2D eigenvalue weighted by atomic mass is 35.5. The first-order chi connectivity index (χ1) is 12.4. The summed E-state index contributed by atoms with van der Waals surface area (Å²) in [7, 11) is 0. The molecule has 2 heterocycles. The minimum atomic E-state index is 0. The number of aromatic nitrogens is 4. The van der Waals surface area contributed by atoms with Gasteiger partial charge in [-0.15, -0.1) is 0 Å². The zero-order chi connectivity index (χ0) is 16.9. The highest BCUT2D eigenvalue weighted by molar-refractivity contribution is 5.75. The van der Waals surface area contributed by atoms with Crippen LogP contribution in [0.4, 0.5) is 0 Å². The maximum atomic E-state index is 4.64. The Morgan fingerprint density at radius 1 is 0.556 bits per heavy atom. The topological polar surface area (TPSA) is 57.4 Å². The lowest BCUT2D eigenvalue weighted by atomic mass is 10.1. The van der Waals surface area contributed by atoms with Crippen molar-refractivity contribution in [2.24, 2.45) is 0 Å². The molecule has 0 amide bonds. The monoisotopic (exact) mass is 402 g/mol. The number of aryl methyl sites for hydroxylation is 2. The van der Waals surface area contributed by atoms with Crippen molar-refractivity contribution in [3.8, 4) is 0 Å². The van der Waals surface area contributed by atoms with Crippen LogP contribution in [0.5, 0.6) is 0 Å². The van der Waals surface area contributed by atoms with Crippen molar-refractivity contribution >= 4 is 22.1 Å². The Kier molecular flexibility index (Phi) is 8.14. The zero-order valence-electron chi connectivity index (χ0n) is 15.2. The van der Waals surface area contributed by atoms with Crippen LogP contribution in [-0.2, 0) is 12.8 Å². The summed E-state index contributed by atoms with van der Waals surface area (Å²) in [5, 5.41) is 0. The average Bonchev–Trinajstić information content (AvgIpc) is 3.23. The van der Waals surface area contributed by atoms with Crippen LogP contribution in [0.15, 0.2) is 48.5 Å². The predicted octanol–water partition coefficient (Wildman–Crippen LogP) is -0.817. The number of para-hydroxylation sites is 4. The van der Waals surface area contributed by atoms with Gasteiger partial charge in [-0.25, -0.2) is 9.97 Å². The number of nitrogens with zero attached hydrogens (tertiary/aromatic N) is 2. The molecule has 0 bridgehead atoms. The normalized spacial score (nSPS) is 10.7. The number of aromatic amines is 2. The lowest BCUT2D eigenvalue weighted by Gasteiger charge is -2.00. The molecule has 0 fully saturated rings. The highest BCUT2D eigenvalue weighted by Gasteiger charge is 2.03. The van der Waals surface area contributed by atoms with Gasteiger partial charge in [0.05, 0.1) is 22.1 Å². The fourth-order valence-electron chi connectivity index (χ4n) is 3.36. The van der Waals surface area contributed by atoms with E-state index >= 15 is 0 Å². The number of rotatable bonds is 8. The first-order valence-corrected chi connectivity index (χ1v) is 9.26. The Hall–Kier alpha value is -2.04. The van der Waals surface area contributed by atoms with Gasteiger partial charge in [0.1, 0.15) is 11.6 Å². The summed E-state index contributed by atoms with van der Waals surface area (Å²) in [5.41, 5.74) is 4.43. The van der Waals surface area contributed by atoms with Crippen molar-refractivity contribution in [2.45, 2.75) is 44.9 Å². The molecule has 4 aromatic rings. The van der Waals surface area contributed by atoms with Crippen LogP contribution in [0.3, 0.4) is 0 Å². The molecule has 0 saturated carbocycles. The van der Waals surface area contributed by atoms with Crippen LogP contribution in [0.25, 0.3) is 22.1 Å². The second-order valence-electron chi connectivity index (χ2n) is 6.67. The number of unbranched alkanes of at least 4 members (excludes halogenated alkanes) is 4. The van der Waals surface area contributed by atoms with Crippen LogP contribution in [0.1, 0.15) is 43.8 Å². The number of H-pyrrole nitrogens is 2. The number of halogens is 2. The van der Waals surface area contributed by atoms with Gasteiger partial charge in [0, 0.05) is 12.8 Å². The molecule has 0 aliphatic rings. The van der Waals surface area contributed by atoms with Crippen molar-refractivity contribution in [3.63, 3.8) is 0 Å². The van der Waals surface area contributed by atoms with Gasteiger partial charge in [-0.3, -0.25) is 0 Å². The minimum absolute atomic E-state index is 0. The lowest BCUT2D eigenvalue weighted by Crippen LogP contribution is -3.00. The molecule has 27 heavy (non-hydrogen) atoms. The second-order valence-corrected chi connectivity index (χ2v) is 6.67. The standard InChI is InChI=1S/C21H24N4.2ClH/c1(2-4-14-20-22-16-10-6-7-11-17(16)23-20)3-5-15-21-24-18-12-8-9-13-19(18)25-21;;/h6-13H,1-5,14-15H2,(H,22,23)(H,24,25);2*1H/p-2. The van der Waals surface area contributed by atoms with Gasteiger partial charge in [0.2, 0.25) is 0 Å². The van der Waals surface area contributed by atoms with Crippen molar-refractivity contribution < 1.29 is 24.8 Å². The fourth-order valence-corrected chi connectivity index (χ4v) is 3.36. The van der Waals surface area contributed by atoms with E-state index in [4.69, 9.17) is 0 Å². The van der Waals surface area contributed by atoms with Crippen molar-refractivity contribution in [2.75, 3.05) is 0 Å². The van der Waals surface area contributed by atoms with Crippen molar-refractivity contribution in [1.29, 1.82) is 0 Å². The molecule has 0 aliphatic carbocycles. The number of hydrogen-bond donors (Lipinski definition) is 2. The van der Waals surface area contributed by atoms with E-state index in [0.29, 0.717) is 0 Å². The largest absolute Gasteiger partial charge is 1.00 e. The number of fused-ring (bicyclic) bond motifs is 2. The molecule has 0 radical (unpaired) electrons. The third kappa shape index (κ3) is 5.47. The Labute approximate surface area is 172 Å². The maximum absolute atomic E-state index is 4.64. The molecule has 4 rings (SSSR count). The van der Waals surface area contributed by atoms with Crippen LogP contribution in [-0.4, -0.2) is 19.9 Å². The maximum Gasteiger partial charge on any atom is 0.107 e. The van der Waals surface area contributed by atoms with Crippen LogP contribution in [0, 0.1) is 0 Å². The molecular formula is C21H24Cl2N4-2. The van der Waals surface area contributed by atoms with E-state index in [1.54, 1.807) is 0 Å². The Morgan fingerprint density at radius 3 is 1.41 bits per heavy atom. The van der Waals surface area contributed by atoms with Gasteiger partial charge < -0.3 is 34.8 Å². The predicted molar refractivity (Wildman–Crippen MR) is 103 cm³/mol. The summed E-state index contributed by atoms with van der Waals surface area (Å²) < 4.78 is 0. The lowest BCUT2D eigenvalue weighted by molar-refractivity contribution is -0.001000. The van der Waals surface area contributed by atoms with E-state index in [0.717, 1.165) is 46.6 Å². The molecule has 2 aromatic heterocycles. The molecule has 0 saturated heterocycles. The number of nitrogens with one attached hydrogen (secondary N) is 2. The molecule has 6 heteroatoms. The number of imidazole rings is 2. The molecule has 2 aromatic carbocycles. The average molecular weight is 403 g/mol. The first-order valence-electron chi connectivity index (χ1n) is 9.26. The Bertz CT molecular complexity index is 817. The van der Waals surface area contributed by atoms with Crippen LogP contribution >= 0.6 is 0 Å². The third-order valence-corrected chi connectivity index (χ3v) is 4.70. The summed E-state index contributed by atoms with van der Waals surface area (Å²) in [5.74, 6) is 2.23. The van der Waals surface area contributed by atoms with Crippen molar-refractivity contribution in [1.82, 2.24) is 19.9 Å². The summed E-state index contributed by atoms with van der Waals surface area (Å²) in [6.07, 6.45) is 8.28. The molecular weight excluding hydrogens is 379 g/mol. The van der Waals surface area contributed by atoms with Gasteiger partial charge in [-0.1, -0.05) is 43.5 Å². The summed E-state index contributed by atoms with van der Waals surface area (Å²) >= 11 is 0.